The van der Waals surface area contributed by atoms with Gasteiger partial charge in [-0.1, -0.05) is 0 Å². The van der Waals surface area contributed by atoms with Gasteiger partial charge in [0.2, 0.25) is 11.7 Å². The number of hydrogen-bond acceptors (Lipinski definition) is 6. The van der Waals surface area contributed by atoms with E-state index in [1.54, 1.807) is 12.1 Å². The third kappa shape index (κ3) is 2.76. The van der Waals surface area contributed by atoms with Gasteiger partial charge in [-0.25, -0.2) is 4.98 Å². The van der Waals surface area contributed by atoms with Gasteiger partial charge in [0, 0.05) is 12.1 Å². The van der Waals surface area contributed by atoms with E-state index in [1.807, 2.05) is 0 Å². The number of nitrogens with two attached hydrogens (primary N) is 1. The maximum Gasteiger partial charge on any atom is 0.309 e. The molecule has 1 heterocycles. The molecule has 22 heavy (non-hydrogen) atoms. The molecule has 0 saturated carbocycles. The fourth-order valence-electron chi connectivity index (χ4n) is 2.18. The fraction of sp³-hybridized carbons (Fsp3) is 0.286. The molecule has 3 N–H and O–H groups in total. The first-order valence-electron chi connectivity index (χ1n) is 6.36. The molecule has 0 aliphatic carbocycles. The van der Waals surface area contributed by atoms with E-state index < -0.39 is 5.97 Å². The van der Waals surface area contributed by atoms with Gasteiger partial charge in [-0.15, -0.1) is 0 Å². The summed E-state index contributed by atoms with van der Waals surface area (Å²) in [5.41, 5.74) is 6.86. The lowest BCUT2D eigenvalue weighted by Gasteiger charge is -2.16. The molecule has 0 atom stereocenters. The standard InChI is InChI=1S/C14H17N3O5/c1-20-10-4-8(5-11(21-2)13(10)22-3)17-9(6-12(18)19)7-16-14(17)15/h4-5,7H,6H2,1-3H3,(H2,15,16)(H,18,19). The van der Waals surface area contributed by atoms with Crippen molar-refractivity contribution >= 4 is 11.9 Å². The van der Waals surface area contributed by atoms with Crippen LogP contribution in [0.15, 0.2) is 18.3 Å². The van der Waals surface area contributed by atoms with Gasteiger partial charge in [0.1, 0.15) is 0 Å². The first kappa shape index (κ1) is 15.5. The number of methoxy groups -OCH3 is 3. The number of anilines is 1. The number of aliphatic carboxylic acids is 1. The highest BCUT2D eigenvalue weighted by Gasteiger charge is 2.18. The second-order valence-corrected chi connectivity index (χ2v) is 4.40. The first-order chi connectivity index (χ1) is 10.5. The highest BCUT2D eigenvalue weighted by atomic mass is 16.5. The Bertz CT molecular complexity index is 671. The molecule has 0 aliphatic rings. The van der Waals surface area contributed by atoms with Crippen molar-refractivity contribution in [3.05, 3.63) is 24.0 Å². The monoisotopic (exact) mass is 307 g/mol. The largest absolute Gasteiger partial charge is 0.493 e. The van der Waals surface area contributed by atoms with Crippen molar-refractivity contribution in [2.45, 2.75) is 6.42 Å². The predicted molar refractivity (Wildman–Crippen MR) is 79.0 cm³/mol. The molecule has 2 rings (SSSR count). The zero-order chi connectivity index (χ0) is 16.3. The molecule has 0 bridgehead atoms. The average Bonchev–Trinajstić information content (AvgIpc) is 2.85. The summed E-state index contributed by atoms with van der Waals surface area (Å²) in [6.07, 6.45) is 1.22. The zero-order valence-electron chi connectivity index (χ0n) is 12.5. The summed E-state index contributed by atoms with van der Waals surface area (Å²) in [5.74, 6) is 0.504. The Balaban J connectivity index is 2.62. The minimum absolute atomic E-state index is 0.172. The molecule has 118 valence electrons. The van der Waals surface area contributed by atoms with Crippen molar-refractivity contribution < 1.29 is 24.1 Å². The quantitative estimate of drug-likeness (QED) is 0.822. The van der Waals surface area contributed by atoms with Gasteiger partial charge in [0.25, 0.3) is 0 Å². The molecule has 0 radical (unpaired) electrons. The van der Waals surface area contributed by atoms with E-state index in [0.29, 0.717) is 28.6 Å². The minimum atomic E-state index is -0.978. The van der Waals surface area contributed by atoms with Crippen LogP contribution in [0.2, 0.25) is 0 Å². The normalized spacial score (nSPS) is 10.3. The molecule has 1 aromatic carbocycles. The maximum absolute atomic E-state index is 11.0. The summed E-state index contributed by atoms with van der Waals surface area (Å²) in [7, 11) is 4.49. The average molecular weight is 307 g/mol. The molecular weight excluding hydrogens is 290 g/mol. The van der Waals surface area contributed by atoms with Crippen LogP contribution >= 0.6 is 0 Å². The molecule has 8 heteroatoms. The lowest BCUT2D eigenvalue weighted by atomic mass is 10.2. The molecule has 0 spiro atoms. The van der Waals surface area contributed by atoms with E-state index in [9.17, 15) is 4.79 Å². The number of nitrogens with zero attached hydrogens (tertiary/aromatic N) is 2. The van der Waals surface area contributed by atoms with Gasteiger partial charge in [-0.05, 0) is 0 Å². The molecule has 0 fully saturated rings. The topological polar surface area (TPSA) is 109 Å². The van der Waals surface area contributed by atoms with Crippen LogP contribution in [0.4, 0.5) is 5.95 Å². The maximum atomic E-state index is 11.0. The van der Waals surface area contributed by atoms with Crippen molar-refractivity contribution in [3.8, 4) is 22.9 Å². The molecule has 0 saturated heterocycles. The van der Waals surface area contributed by atoms with E-state index in [0.717, 1.165) is 0 Å². The van der Waals surface area contributed by atoms with Crippen LogP contribution in [0.5, 0.6) is 17.2 Å². The van der Waals surface area contributed by atoms with Gasteiger partial charge in [0.05, 0.1) is 45.3 Å². The minimum Gasteiger partial charge on any atom is -0.493 e. The predicted octanol–water partition coefficient (Wildman–Crippen LogP) is 1.11. The van der Waals surface area contributed by atoms with Gasteiger partial charge in [0.15, 0.2) is 11.5 Å². The summed E-state index contributed by atoms with van der Waals surface area (Å²) in [6, 6.07) is 3.34. The molecular formula is C14H17N3O5. The van der Waals surface area contributed by atoms with Crippen molar-refractivity contribution in [3.63, 3.8) is 0 Å². The number of benzene rings is 1. The van der Waals surface area contributed by atoms with Crippen LogP contribution in [0.1, 0.15) is 5.69 Å². The lowest BCUT2D eigenvalue weighted by Crippen LogP contribution is -2.09. The lowest BCUT2D eigenvalue weighted by molar-refractivity contribution is -0.136. The third-order valence-electron chi connectivity index (χ3n) is 3.10. The van der Waals surface area contributed by atoms with Crippen LogP contribution < -0.4 is 19.9 Å². The smallest absolute Gasteiger partial charge is 0.309 e. The summed E-state index contributed by atoms with van der Waals surface area (Å²) in [6.45, 7) is 0. The zero-order valence-corrected chi connectivity index (χ0v) is 12.5. The number of carbonyl (C=O) groups is 1. The summed E-state index contributed by atoms with van der Waals surface area (Å²) >= 11 is 0. The number of carboxylic acid groups (broad SMARTS) is 1. The Labute approximate surface area is 127 Å². The second-order valence-electron chi connectivity index (χ2n) is 4.40. The number of nitrogen functional groups attached to an aromatic ring is 1. The van der Waals surface area contributed by atoms with Crippen LogP contribution in [0, 0.1) is 0 Å². The Morgan fingerprint density at radius 2 is 1.82 bits per heavy atom. The number of ether oxygens (including phenoxy) is 3. The van der Waals surface area contributed by atoms with E-state index in [4.69, 9.17) is 25.1 Å². The van der Waals surface area contributed by atoms with E-state index in [2.05, 4.69) is 4.98 Å². The van der Waals surface area contributed by atoms with Crippen molar-refractivity contribution in [2.75, 3.05) is 27.1 Å². The van der Waals surface area contributed by atoms with Crippen LogP contribution in [0.25, 0.3) is 5.69 Å². The summed E-state index contributed by atoms with van der Waals surface area (Å²) < 4.78 is 17.3. The van der Waals surface area contributed by atoms with Gasteiger partial charge >= 0.3 is 5.97 Å². The Morgan fingerprint density at radius 1 is 1.23 bits per heavy atom. The fourth-order valence-corrected chi connectivity index (χ4v) is 2.18. The number of rotatable bonds is 6. The van der Waals surface area contributed by atoms with Gasteiger partial charge in [-0.2, -0.15) is 0 Å². The number of imidazole rings is 1. The van der Waals surface area contributed by atoms with Gasteiger partial charge in [-0.3, -0.25) is 9.36 Å². The third-order valence-corrected chi connectivity index (χ3v) is 3.10. The van der Waals surface area contributed by atoms with Crippen LogP contribution in [-0.2, 0) is 11.2 Å². The van der Waals surface area contributed by atoms with Crippen molar-refractivity contribution in [2.24, 2.45) is 0 Å². The Morgan fingerprint density at radius 3 is 2.27 bits per heavy atom. The van der Waals surface area contributed by atoms with Gasteiger partial charge < -0.3 is 25.1 Å². The summed E-state index contributed by atoms with van der Waals surface area (Å²) in [5, 5.41) is 8.98. The van der Waals surface area contributed by atoms with E-state index >= 15 is 0 Å². The number of hydrogen-bond donors (Lipinski definition) is 2. The molecule has 8 nitrogen and oxygen atoms in total. The SMILES string of the molecule is COc1cc(-n2c(CC(=O)O)cnc2N)cc(OC)c1OC. The molecule has 0 amide bonds. The Kier molecular flexibility index (Phi) is 4.40. The van der Waals surface area contributed by atoms with Crippen molar-refractivity contribution in [1.82, 2.24) is 9.55 Å². The number of aromatic nitrogens is 2. The first-order valence-corrected chi connectivity index (χ1v) is 6.36. The molecule has 2 aromatic rings. The van der Waals surface area contributed by atoms with Crippen LogP contribution in [-0.4, -0.2) is 42.0 Å². The second kappa shape index (κ2) is 6.25. The van der Waals surface area contributed by atoms with E-state index in [-0.39, 0.29) is 12.4 Å². The van der Waals surface area contributed by atoms with Crippen molar-refractivity contribution in [1.29, 1.82) is 0 Å². The molecule has 0 aliphatic heterocycles. The Hall–Kier alpha value is -2.90. The van der Waals surface area contributed by atoms with E-state index in [1.165, 1.54) is 32.1 Å². The summed E-state index contributed by atoms with van der Waals surface area (Å²) in [4.78, 5) is 14.9. The molecule has 1 aromatic heterocycles. The number of carboxylic acids is 1. The van der Waals surface area contributed by atoms with Crippen LogP contribution in [0.3, 0.4) is 0 Å². The highest BCUT2D eigenvalue weighted by Crippen LogP contribution is 2.39. The molecule has 0 unspecified atom stereocenters. The highest BCUT2D eigenvalue weighted by molar-refractivity contribution is 5.70.